The Bertz CT molecular complexity index is 181. The van der Waals surface area contributed by atoms with Crippen molar-refractivity contribution in [3.63, 3.8) is 0 Å². The van der Waals surface area contributed by atoms with Gasteiger partial charge in [-0.05, 0) is 26.7 Å². The van der Waals surface area contributed by atoms with Crippen LogP contribution in [0, 0.1) is 5.92 Å². The van der Waals surface area contributed by atoms with Crippen molar-refractivity contribution in [3.05, 3.63) is 24.3 Å². The van der Waals surface area contributed by atoms with Crippen molar-refractivity contribution in [2.45, 2.75) is 32.8 Å². The maximum absolute atomic E-state index is 5.64. The first kappa shape index (κ1) is 9.53. The van der Waals surface area contributed by atoms with Gasteiger partial charge in [-0.25, -0.2) is 0 Å². The largest absolute Gasteiger partial charge is 0.374 e. The van der Waals surface area contributed by atoms with Crippen molar-refractivity contribution in [3.8, 4) is 0 Å². The summed E-state index contributed by atoms with van der Waals surface area (Å²) in [6, 6.07) is 0. The molecule has 0 aromatic carbocycles. The Kier molecular flexibility index (Phi) is 3.54. The first-order valence-corrected chi connectivity index (χ1v) is 4.69. The standard InChI is InChI=1S/C11H18O/c1-4-12-11(9(2)3)10-7-5-6-8-10/h5,7,10-11H,2,4,6,8H2,1,3H3. The highest BCUT2D eigenvalue weighted by Gasteiger charge is 2.21. The Labute approximate surface area is 75.1 Å². The maximum atomic E-state index is 5.64. The summed E-state index contributed by atoms with van der Waals surface area (Å²) in [7, 11) is 0. The summed E-state index contributed by atoms with van der Waals surface area (Å²) < 4.78 is 5.64. The van der Waals surface area contributed by atoms with Gasteiger partial charge in [-0.3, -0.25) is 0 Å². The van der Waals surface area contributed by atoms with Gasteiger partial charge >= 0.3 is 0 Å². The van der Waals surface area contributed by atoms with Gasteiger partial charge in [0.25, 0.3) is 0 Å². The van der Waals surface area contributed by atoms with Gasteiger partial charge in [0.1, 0.15) is 0 Å². The fourth-order valence-electron chi connectivity index (χ4n) is 1.72. The van der Waals surface area contributed by atoms with Crippen LogP contribution in [0.3, 0.4) is 0 Å². The predicted molar refractivity (Wildman–Crippen MR) is 52.1 cm³/mol. The summed E-state index contributed by atoms with van der Waals surface area (Å²) >= 11 is 0. The van der Waals surface area contributed by atoms with Crippen LogP contribution in [-0.2, 0) is 4.74 Å². The van der Waals surface area contributed by atoms with Crippen LogP contribution in [0.15, 0.2) is 24.3 Å². The molecule has 0 saturated heterocycles. The molecule has 0 heterocycles. The lowest BCUT2D eigenvalue weighted by molar-refractivity contribution is 0.0598. The quantitative estimate of drug-likeness (QED) is 0.583. The van der Waals surface area contributed by atoms with E-state index in [0.29, 0.717) is 5.92 Å². The van der Waals surface area contributed by atoms with Crippen molar-refractivity contribution in [1.29, 1.82) is 0 Å². The van der Waals surface area contributed by atoms with E-state index in [1.54, 1.807) is 0 Å². The van der Waals surface area contributed by atoms with Crippen molar-refractivity contribution >= 4 is 0 Å². The fraction of sp³-hybridized carbons (Fsp3) is 0.636. The van der Waals surface area contributed by atoms with Gasteiger partial charge in [0.15, 0.2) is 0 Å². The molecule has 0 fully saturated rings. The molecule has 1 rings (SSSR count). The molecule has 0 N–H and O–H groups in total. The Morgan fingerprint density at radius 3 is 2.92 bits per heavy atom. The molecule has 1 nitrogen and oxygen atoms in total. The molecule has 0 aliphatic heterocycles. The molecule has 2 unspecified atom stereocenters. The van der Waals surface area contributed by atoms with Crippen LogP contribution in [0.25, 0.3) is 0 Å². The molecule has 0 amide bonds. The smallest absolute Gasteiger partial charge is 0.0842 e. The normalized spacial score (nSPS) is 24.3. The first-order valence-electron chi connectivity index (χ1n) is 4.69. The molecular formula is C11H18O. The molecule has 0 saturated carbocycles. The SMILES string of the molecule is C=C(C)C(OCC)C1C=CCC1. The molecule has 1 heteroatoms. The van der Waals surface area contributed by atoms with Crippen LogP contribution in [0.2, 0.25) is 0 Å². The Hall–Kier alpha value is -0.560. The zero-order valence-corrected chi connectivity index (χ0v) is 8.05. The molecule has 1 aliphatic rings. The third kappa shape index (κ3) is 2.21. The van der Waals surface area contributed by atoms with Gasteiger partial charge in [0.05, 0.1) is 6.10 Å². The average Bonchev–Trinajstić information content (AvgIpc) is 2.51. The lowest BCUT2D eigenvalue weighted by atomic mass is 9.97. The summed E-state index contributed by atoms with van der Waals surface area (Å²) in [6.07, 6.45) is 7.15. The second-order valence-corrected chi connectivity index (χ2v) is 3.39. The second kappa shape index (κ2) is 4.46. The Morgan fingerprint density at radius 2 is 2.50 bits per heavy atom. The molecule has 2 atom stereocenters. The first-order chi connectivity index (χ1) is 5.75. The molecular weight excluding hydrogens is 148 g/mol. The van der Waals surface area contributed by atoms with Crippen molar-refractivity contribution in [1.82, 2.24) is 0 Å². The third-order valence-corrected chi connectivity index (χ3v) is 2.27. The van der Waals surface area contributed by atoms with E-state index >= 15 is 0 Å². The molecule has 12 heavy (non-hydrogen) atoms. The summed E-state index contributed by atoms with van der Waals surface area (Å²) in [6.45, 7) is 8.82. The summed E-state index contributed by atoms with van der Waals surface area (Å²) in [4.78, 5) is 0. The van der Waals surface area contributed by atoms with Gasteiger partial charge in [-0.2, -0.15) is 0 Å². The highest BCUT2D eigenvalue weighted by Crippen LogP contribution is 2.26. The molecule has 0 aromatic rings. The minimum Gasteiger partial charge on any atom is -0.374 e. The van der Waals surface area contributed by atoms with Crippen LogP contribution in [0.5, 0.6) is 0 Å². The highest BCUT2D eigenvalue weighted by molar-refractivity contribution is 5.09. The van der Waals surface area contributed by atoms with Gasteiger partial charge in [0.2, 0.25) is 0 Å². The molecule has 0 aromatic heterocycles. The Balaban J connectivity index is 2.52. The third-order valence-electron chi connectivity index (χ3n) is 2.27. The van der Waals surface area contributed by atoms with Gasteiger partial charge < -0.3 is 4.74 Å². The molecule has 1 aliphatic carbocycles. The molecule has 68 valence electrons. The van der Waals surface area contributed by atoms with E-state index in [-0.39, 0.29) is 6.10 Å². The zero-order valence-electron chi connectivity index (χ0n) is 8.05. The molecule has 0 bridgehead atoms. The van der Waals surface area contributed by atoms with Crippen molar-refractivity contribution in [2.75, 3.05) is 6.61 Å². The number of hydrogen-bond acceptors (Lipinski definition) is 1. The number of hydrogen-bond donors (Lipinski definition) is 0. The van der Waals surface area contributed by atoms with E-state index in [0.717, 1.165) is 12.2 Å². The predicted octanol–water partition coefficient (Wildman–Crippen LogP) is 2.93. The average molecular weight is 166 g/mol. The van der Waals surface area contributed by atoms with Crippen LogP contribution < -0.4 is 0 Å². The highest BCUT2D eigenvalue weighted by atomic mass is 16.5. The molecule has 0 spiro atoms. The van der Waals surface area contributed by atoms with Crippen LogP contribution in [0.1, 0.15) is 26.7 Å². The van der Waals surface area contributed by atoms with Crippen molar-refractivity contribution in [2.24, 2.45) is 5.92 Å². The second-order valence-electron chi connectivity index (χ2n) is 3.39. The van der Waals surface area contributed by atoms with E-state index in [9.17, 15) is 0 Å². The van der Waals surface area contributed by atoms with Gasteiger partial charge in [-0.15, -0.1) is 0 Å². The van der Waals surface area contributed by atoms with Gasteiger partial charge in [-0.1, -0.05) is 24.3 Å². The summed E-state index contributed by atoms with van der Waals surface area (Å²) in [5.41, 5.74) is 1.15. The summed E-state index contributed by atoms with van der Waals surface area (Å²) in [5, 5.41) is 0. The Morgan fingerprint density at radius 1 is 1.75 bits per heavy atom. The van der Waals surface area contributed by atoms with Crippen LogP contribution in [-0.4, -0.2) is 12.7 Å². The topological polar surface area (TPSA) is 9.23 Å². The zero-order chi connectivity index (χ0) is 8.97. The van der Waals surface area contributed by atoms with E-state index in [1.165, 1.54) is 12.8 Å². The molecule has 0 radical (unpaired) electrons. The number of rotatable bonds is 4. The maximum Gasteiger partial charge on any atom is 0.0842 e. The summed E-state index contributed by atoms with van der Waals surface area (Å²) in [5.74, 6) is 0.572. The van der Waals surface area contributed by atoms with E-state index < -0.39 is 0 Å². The lowest BCUT2D eigenvalue weighted by Crippen LogP contribution is -2.22. The fourth-order valence-corrected chi connectivity index (χ4v) is 1.72. The van der Waals surface area contributed by atoms with E-state index in [2.05, 4.69) is 18.7 Å². The number of allylic oxidation sites excluding steroid dienone is 1. The van der Waals surface area contributed by atoms with Gasteiger partial charge in [0, 0.05) is 12.5 Å². The van der Waals surface area contributed by atoms with Crippen LogP contribution in [0.4, 0.5) is 0 Å². The number of ether oxygens (including phenoxy) is 1. The minimum absolute atomic E-state index is 0.244. The van der Waals surface area contributed by atoms with E-state index in [1.807, 2.05) is 13.8 Å². The van der Waals surface area contributed by atoms with Crippen molar-refractivity contribution < 1.29 is 4.74 Å². The minimum atomic E-state index is 0.244. The van der Waals surface area contributed by atoms with Crippen LogP contribution >= 0.6 is 0 Å². The van der Waals surface area contributed by atoms with E-state index in [4.69, 9.17) is 4.74 Å². The lowest BCUT2D eigenvalue weighted by Gasteiger charge is -2.22. The monoisotopic (exact) mass is 166 g/mol.